The fourth-order valence-corrected chi connectivity index (χ4v) is 3.67. The first-order chi connectivity index (χ1) is 14.9. The van der Waals surface area contributed by atoms with Crippen LogP contribution in [0.3, 0.4) is 0 Å². The fraction of sp³-hybridized carbons (Fsp3) is 0.182. The van der Waals surface area contributed by atoms with Crippen molar-refractivity contribution >= 4 is 58.3 Å². The molecule has 0 saturated heterocycles. The molecular formula is C22H17Cl3N4O2. The molecule has 158 valence electrons. The number of carbonyl (C=O) groups is 2. The number of hydrogen-bond donors (Lipinski definition) is 1. The second-order valence-electron chi connectivity index (χ2n) is 7.08. The minimum atomic E-state index is -0.371. The van der Waals surface area contributed by atoms with Gasteiger partial charge >= 0.3 is 0 Å². The maximum absolute atomic E-state index is 12.6. The molecule has 9 heteroatoms. The smallest absolute Gasteiger partial charge is 0.258 e. The molecule has 1 N–H and O–H groups in total. The summed E-state index contributed by atoms with van der Waals surface area (Å²) < 4.78 is 0. The Hall–Kier alpha value is -2.67. The summed E-state index contributed by atoms with van der Waals surface area (Å²) in [4.78, 5) is 35.5. The van der Waals surface area contributed by atoms with Gasteiger partial charge in [0.05, 0.1) is 28.7 Å². The molecule has 0 saturated carbocycles. The lowest BCUT2D eigenvalue weighted by atomic mass is 10.0. The van der Waals surface area contributed by atoms with E-state index < -0.39 is 0 Å². The van der Waals surface area contributed by atoms with Gasteiger partial charge in [-0.1, -0.05) is 46.9 Å². The zero-order chi connectivity index (χ0) is 22.0. The summed E-state index contributed by atoms with van der Waals surface area (Å²) >= 11 is 17.8. The van der Waals surface area contributed by atoms with E-state index in [1.165, 1.54) is 6.07 Å². The summed E-state index contributed by atoms with van der Waals surface area (Å²) in [7, 11) is 0. The third kappa shape index (κ3) is 5.15. The highest BCUT2D eigenvalue weighted by molar-refractivity contribution is 6.42. The maximum atomic E-state index is 12.6. The number of nitrogens with zero attached hydrogens (tertiary/aromatic N) is 3. The van der Waals surface area contributed by atoms with Crippen molar-refractivity contribution in [1.29, 1.82) is 0 Å². The largest absolute Gasteiger partial charge is 0.318 e. The Balaban J connectivity index is 1.40. The number of rotatable bonds is 3. The third-order valence-corrected chi connectivity index (χ3v) is 5.90. The number of benzene rings is 2. The quantitative estimate of drug-likeness (QED) is 0.707. The Morgan fingerprint density at radius 2 is 1.81 bits per heavy atom. The van der Waals surface area contributed by atoms with Gasteiger partial charge in [0.15, 0.2) is 0 Å². The Morgan fingerprint density at radius 3 is 2.55 bits per heavy atom. The lowest BCUT2D eigenvalue weighted by Crippen LogP contribution is -2.38. The first kappa shape index (κ1) is 21.6. The van der Waals surface area contributed by atoms with Gasteiger partial charge in [0, 0.05) is 35.3 Å². The predicted octanol–water partition coefficient (Wildman–Crippen LogP) is 4.55. The second kappa shape index (κ2) is 9.22. The highest BCUT2D eigenvalue weighted by Gasteiger charge is 2.24. The van der Waals surface area contributed by atoms with Crippen molar-refractivity contribution in [3.8, 4) is 0 Å². The van der Waals surface area contributed by atoms with Crippen LogP contribution < -0.4 is 5.32 Å². The van der Waals surface area contributed by atoms with E-state index in [4.69, 9.17) is 34.8 Å². The van der Waals surface area contributed by atoms with Gasteiger partial charge in [-0.2, -0.15) is 0 Å². The Morgan fingerprint density at radius 1 is 1.03 bits per heavy atom. The molecule has 0 radical (unpaired) electrons. The monoisotopic (exact) mass is 474 g/mol. The van der Waals surface area contributed by atoms with Gasteiger partial charge in [-0.3, -0.25) is 14.9 Å². The standard InChI is InChI=1S/C22H17Cl3N4O2/c23-16-4-1-13(2-5-16)9-20(30)29-8-7-19-15(12-29)11-26-22(27-19)28-21(31)14-3-6-17(24)18(25)10-14/h1-6,10,12H,7-9,11H2,(H,26,28,31). The minimum absolute atomic E-state index is 0.00318. The Kier molecular flexibility index (Phi) is 6.41. The molecule has 4 rings (SSSR count). The van der Waals surface area contributed by atoms with E-state index in [2.05, 4.69) is 15.3 Å². The maximum Gasteiger partial charge on any atom is 0.258 e. The normalized spacial score (nSPS) is 15.5. The third-order valence-electron chi connectivity index (χ3n) is 4.91. The fourth-order valence-electron chi connectivity index (χ4n) is 3.25. The van der Waals surface area contributed by atoms with Crippen molar-refractivity contribution < 1.29 is 9.59 Å². The number of amides is 2. The lowest BCUT2D eigenvalue weighted by molar-refractivity contribution is -0.127. The van der Waals surface area contributed by atoms with Crippen molar-refractivity contribution in [2.75, 3.05) is 13.1 Å². The van der Waals surface area contributed by atoms with Crippen LogP contribution in [0.5, 0.6) is 0 Å². The number of fused-ring (bicyclic) bond motifs is 1. The first-order valence-electron chi connectivity index (χ1n) is 9.52. The summed E-state index contributed by atoms with van der Waals surface area (Å²) in [5, 5.41) is 4.00. The van der Waals surface area contributed by atoms with E-state index in [0.29, 0.717) is 46.6 Å². The number of hydrogen-bond acceptors (Lipinski definition) is 4. The highest BCUT2D eigenvalue weighted by Crippen LogP contribution is 2.23. The van der Waals surface area contributed by atoms with E-state index >= 15 is 0 Å². The van der Waals surface area contributed by atoms with E-state index in [-0.39, 0.29) is 17.8 Å². The van der Waals surface area contributed by atoms with Crippen LogP contribution in [0.25, 0.3) is 0 Å². The molecule has 0 aliphatic carbocycles. The number of nitrogens with one attached hydrogen (secondary N) is 1. The SMILES string of the molecule is O=C(NC1=NCC2=CN(C(=O)Cc3ccc(Cl)cc3)CCC2=N1)c1ccc(Cl)c(Cl)c1. The Labute approximate surface area is 194 Å². The van der Waals surface area contributed by atoms with Gasteiger partial charge in [-0.05, 0) is 35.9 Å². The zero-order valence-electron chi connectivity index (χ0n) is 16.2. The molecule has 2 aliphatic rings. The van der Waals surface area contributed by atoms with Crippen molar-refractivity contribution in [1.82, 2.24) is 10.2 Å². The van der Waals surface area contributed by atoms with Gasteiger partial charge in [-0.25, -0.2) is 9.98 Å². The highest BCUT2D eigenvalue weighted by atomic mass is 35.5. The molecule has 2 heterocycles. The minimum Gasteiger partial charge on any atom is -0.318 e. The van der Waals surface area contributed by atoms with Gasteiger partial charge < -0.3 is 4.90 Å². The average molecular weight is 476 g/mol. The van der Waals surface area contributed by atoms with E-state index in [0.717, 1.165) is 16.8 Å². The lowest BCUT2D eigenvalue weighted by Gasteiger charge is -2.27. The molecule has 31 heavy (non-hydrogen) atoms. The molecular weight excluding hydrogens is 459 g/mol. The summed E-state index contributed by atoms with van der Waals surface area (Å²) in [5.74, 6) is -0.134. The summed E-state index contributed by atoms with van der Waals surface area (Å²) in [6.07, 6.45) is 2.67. The number of aliphatic imine (C=N–C) groups is 2. The summed E-state index contributed by atoms with van der Waals surface area (Å²) in [6, 6.07) is 11.9. The van der Waals surface area contributed by atoms with Crippen LogP contribution in [0.1, 0.15) is 22.3 Å². The molecule has 6 nitrogen and oxygen atoms in total. The van der Waals surface area contributed by atoms with Gasteiger partial charge in [0.25, 0.3) is 5.91 Å². The molecule has 2 amide bonds. The van der Waals surface area contributed by atoms with Gasteiger partial charge in [-0.15, -0.1) is 0 Å². The predicted molar refractivity (Wildman–Crippen MR) is 123 cm³/mol. The van der Waals surface area contributed by atoms with Crippen molar-refractivity contribution in [3.05, 3.63) is 80.4 Å². The molecule has 0 spiro atoms. The number of halogens is 3. The first-order valence-corrected chi connectivity index (χ1v) is 10.7. The van der Waals surface area contributed by atoms with E-state index in [9.17, 15) is 9.59 Å². The molecule has 0 atom stereocenters. The molecule has 2 aromatic rings. The van der Waals surface area contributed by atoms with Crippen molar-refractivity contribution in [3.63, 3.8) is 0 Å². The van der Waals surface area contributed by atoms with Crippen LogP contribution in [0.4, 0.5) is 0 Å². The van der Waals surface area contributed by atoms with Crippen LogP contribution >= 0.6 is 34.8 Å². The second-order valence-corrected chi connectivity index (χ2v) is 8.33. The van der Waals surface area contributed by atoms with Crippen LogP contribution in [0.15, 0.2) is 64.2 Å². The van der Waals surface area contributed by atoms with Gasteiger partial charge in [0.2, 0.25) is 11.9 Å². The summed E-state index contributed by atoms with van der Waals surface area (Å²) in [5.41, 5.74) is 2.95. The molecule has 2 aliphatic heterocycles. The van der Waals surface area contributed by atoms with Gasteiger partial charge in [0.1, 0.15) is 0 Å². The van der Waals surface area contributed by atoms with E-state index in [1.807, 2.05) is 12.1 Å². The van der Waals surface area contributed by atoms with Crippen LogP contribution in [0.2, 0.25) is 15.1 Å². The van der Waals surface area contributed by atoms with Crippen LogP contribution in [-0.4, -0.2) is 41.5 Å². The topological polar surface area (TPSA) is 74.1 Å². The Bertz CT molecular complexity index is 1140. The van der Waals surface area contributed by atoms with Crippen LogP contribution in [-0.2, 0) is 11.2 Å². The molecule has 2 aromatic carbocycles. The van der Waals surface area contributed by atoms with E-state index in [1.54, 1.807) is 35.4 Å². The van der Waals surface area contributed by atoms with Crippen molar-refractivity contribution in [2.24, 2.45) is 9.98 Å². The average Bonchev–Trinajstić information content (AvgIpc) is 2.76. The summed E-state index contributed by atoms with van der Waals surface area (Å²) in [6.45, 7) is 0.851. The zero-order valence-corrected chi connectivity index (χ0v) is 18.5. The van der Waals surface area contributed by atoms with Crippen molar-refractivity contribution in [2.45, 2.75) is 12.8 Å². The van der Waals surface area contributed by atoms with Crippen LogP contribution in [0, 0.1) is 0 Å². The molecule has 0 aromatic heterocycles. The number of carbonyl (C=O) groups excluding carboxylic acids is 2. The molecule has 0 bridgehead atoms. The molecule has 0 unspecified atom stereocenters. The number of guanidine groups is 1. The molecule has 0 fully saturated rings.